The van der Waals surface area contributed by atoms with E-state index in [-0.39, 0.29) is 34.7 Å². The van der Waals surface area contributed by atoms with Crippen LogP contribution < -0.4 is 9.46 Å². The number of piperidine rings is 1. The molecule has 0 bridgehead atoms. The summed E-state index contributed by atoms with van der Waals surface area (Å²) in [5, 5.41) is 11.0. The Hall–Kier alpha value is -2.20. The van der Waals surface area contributed by atoms with Gasteiger partial charge in [-0.1, -0.05) is 6.92 Å². The fourth-order valence-electron chi connectivity index (χ4n) is 2.93. The van der Waals surface area contributed by atoms with Crippen LogP contribution in [0.2, 0.25) is 0 Å². The van der Waals surface area contributed by atoms with E-state index in [1.165, 1.54) is 25.3 Å². The Bertz CT molecular complexity index is 772. The molecule has 0 spiro atoms. The number of hydrogen-bond acceptors (Lipinski definition) is 6. The molecule has 2 rings (SSSR count). The zero-order chi connectivity index (χ0) is 19.3. The smallest absolute Gasteiger partial charge is 0.270 e. The van der Waals surface area contributed by atoms with Crippen molar-refractivity contribution in [3.8, 4) is 5.75 Å². The van der Waals surface area contributed by atoms with Crippen LogP contribution >= 0.6 is 0 Å². The number of carbonyl (C=O) groups excluding carboxylic acids is 1. The summed E-state index contributed by atoms with van der Waals surface area (Å²) < 4.78 is 31.5. The molecular weight excluding hydrogens is 362 g/mol. The number of benzene rings is 1. The number of nitrogens with zero attached hydrogens (tertiary/aromatic N) is 2. The number of rotatable bonds is 7. The van der Waals surface area contributed by atoms with Crippen molar-refractivity contribution in [2.75, 3.05) is 26.0 Å². The first-order valence-electron chi connectivity index (χ1n) is 8.39. The van der Waals surface area contributed by atoms with Gasteiger partial charge in [-0.15, -0.1) is 0 Å². The molecule has 0 aliphatic carbocycles. The van der Waals surface area contributed by atoms with Crippen molar-refractivity contribution in [2.24, 2.45) is 0 Å². The molecule has 144 valence electrons. The topological polar surface area (TPSA) is 119 Å². The number of amides is 1. The van der Waals surface area contributed by atoms with Gasteiger partial charge in [-0.3, -0.25) is 14.9 Å². The molecule has 0 radical (unpaired) electrons. The fourth-order valence-corrected chi connectivity index (χ4v) is 4.33. The van der Waals surface area contributed by atoms with Gasteiger partial charge in [0.1, 0.15) is 5.75 Å². The number of likely N-dealkylation sites (tertiary alicyclic amines) is 1. The minimum atomic E-state index is -3.30. The zero-order valence-corrected chi connectivity index (χ0v) is 15.6. The van der Waals surface area contributed by atoms with Gasteiger partial charge in [0.05, 0.1) is 23.3 Å². The van der Waals surface area contributed by atoms with E-state index in [2.05, 4.69) is 4.72 Å². The summed E-state index contributed by atoms with van der Waals surface area (Å²) in [7, 11) is -1.90. The third kappa shape index (κ3) is 4.92. The molecule has 1 aromatic carbocycles. The van der Waals surface area contributed by atoms with Crippen LogP contribution in [-0.2, 0) is 10.0 Å². The molecule has 0 saturated carbocycles. The van der Waals surface area contributed by atoms with Gasteiger partial charge in [0, 0.05) is 31.3 Å². The van der Waals surface area contributed by atoms with E-state index >= 15 is 0 Å². The van der Waals surface area contributed by atoms with Crippen molar-refractivity contribution in [3.05, 3.63) is 33.9 Å². The standard InChI is InChI=1S/C16H23N3O6S/c1-3-10-26(23,24)17-12-6-8-18(9-7-12)16(20)14-11-13(19(21)22)4-5-15(14)25-2/h4-5,11-12,17H,3,6-10H2,1-2H3. The highest BCUT2D eigenvalue weighted by atomic mass is 32.2. The molecule has 1 fully saturated rings. The highest BCUT2D eigenvalue weighted by Crippen LogP contribution is 2.26. The first kappa shape index (κ1) is 20.1. The Morgan fingerprint density at radius 2 is 2.04 bits per heavy atom. The molecule has 10 heteroatoms. The van der Waals surface area contributed by atoms with Gasteiger partial charge in [0.15, 0.2) is 0 Å². The Morgan fingerprint density at radius 1 is 1.38 bits per heavy atom. The third-order valence-electron chi connectivity index (χ3n) is 4.23. The summed E-state index contributed by atoms with van der Waals surface area (Å²) in [6.07, 6.45) is 1.52. The minimum Gasteiger partial charge on any atom is -0.496 e. The monoisotopic (exact) mass is 385 g/mol. The van der Waals surface area contributed by atoms with Gasteiger partial charge in [0.25, 0.3) is 11.6 Å². The average Bonchev–Trinajstić information content (AvgIpc) is 2.60. The number of ether oxygens (including phenoxy) is 1. The Kier molecular flexibility index (Phi) is 6.54. The quantitative estimate of drug-likeness (QED) is 0.562. The van der Waals surface area contributed by atoms with Crippen molar-refractivity contribution < 1.29 is 22.9 Å². The number of carbonyl (C=O) groups is 1. The first-order valence-corrected chi connectivity index (χ1v) is 10.0. The van der Waals surface area contributed by atoms with E-state index in [1.54, 1.807) is 11.8 Å². The highest BCUT2D eigenvalue weighted by molar-refractivity contribution is 7.89. The minimum absolute atomic E-state index is 0.0804. The van der Waals surface area contributed by atoms with Crippen LogP contribution in [0, 0.1) is 10.1 Å². The average molecular weight is 385 g/mol. The van der Waals surface area contributed by atoms with E-state index in [9.17, 15) is 23.3 Å². The van der Waals surface area contributed by atoms with Gasteiger partial charge in [-0.2, -0.15) is 0 Å². The summed E-state index contributed by atoms with van der Waals surface area (Å²) in [5.74, 6) is -0.0106. The maximum atomic E-state index is 12.7. The lowest BCUT2D eigenvalue weighted by Crippen LogP contribution is -2.47. The number of sulfonamides is 1. The second kappa shape index (κ2) is 8.45. The molecule has 26 heavy (non-hydrogen) atoms. The van der Waals surface area contributed by atoms with Gasteiger partial charge >= 0.3 is 0 Å². The summed E-state index contributed by atoms with van der Waals surface area (Å²) in [6, 6.07) is 3.68. The predicted octanol–water partition coefficient (Wildman–Crippen LogP) is 1.54. The molecule has 1 saturated heterocycles. The molecule has 9 nitrogen and oxygen atoms in total. The molecule has 1 heterocycles. The first-order chi connectivity index (χ1) is 12.3. The third-order valence-corrected chi connectivity index (χ3v) is 5.86. The lowest BCUT2D eigenvalue weighted by atomic mass is 10.0. The lowest BCUT2D eigenvalue weighted by Gasteiger charge is -2.32. The van der Waals surface area contributed by atoms with Crippen LogP contribution in [0.3, 0.4) is 0 Å². The number of hydrogen-bond donors (Lipinski definition) is 1. The molecule has 0 atom stereocenters. The molecule has 1 aliphatic rings. The van der Waals surface area contributed by atoms with Gasteiger partial charge in [-0.05, 0) is 25.3 Å². The van der Waals surface area contributed by atoms with Crippen molar-refractivity contribution >= 4 is 21.6 Å². The molecule has 1 aliphatic heterocycles. The lowest BCUT2D eigenvalue weighted by molar-refractivity contribution is -0.384. The predicted molar refractivity (Wildman–Crippen MR) is 95.8 cm³/mol. The largest absolute Gasteiger partial charge is 0.496 e. The molecule has 1 N–H and O–H groups in total. The zero-order valence-electron chi connectivity index (χ0n) is 14.8. The van der Waals surface area contributed by atoms with Gasteiger partial charge < -0.3 is 9.64 Å². The molecular formula is C16H23N3O6S. The van der Waals surface area contributed by atoms with E-state index in [0.29, 0.717) is 32.4 Å². The van der Waals surface area contributed by atoms with Crippen LogP contribution in [0.1, 0.15) is 36.5 Å². The van der Waals surface area contributed by atoms with Crippen LogP contribution in [0.4, 0.5) is 5.69 Å². The molecule has 0 unspecified atom stereocenters. The normalized spacial score (nSPS) is 15.7. The number of nitro groups is 1. The summed E-state index contributed by atoms with van der Waals surface area (Å²) in [4.78, 5) is 24.7. The van der Waals surface area contributed by atoms with Crippen LogP contribution in [0.25, 0.3) is 0 Å². The van der Waals surface area contributed by atoms with E-state index in [0.717, 1.165) is 0 Å². The Labute approximate surface area is 152 Å². The van der Waals surface area contributed by atoms with Crippen molar-refractivity contribution in [2.45, 2.75) is 32.2 Å². The number of nitrogens with one attached hydrogen (secondary N) is 1. The molecule has 1 aromatic rings. The van der Waals surface area contributed by atoms with Gasteiger partial charge in [0.2, 0.25) is 10.0 Å². The number of nitro benzene ring substituents is 1. The summed E-state index contributed by atoms with van der Waals surface area (Å²) in [6.45, 7) is 2.53. The molecule has 1 amide bonds. The van der Waals surface area contributed by atoms with E-state index < -0.39 is 14.9 Å². The van der Waals surface area contributed by atoms with Crippen LogP contribution in [0.15, 0.2) is 18.2 Å². The van der Waals surface area contributed by atoms with Crippen LogP contribution in [-0.4, -0.2) is 56.1 Å². The second-order valence-electron chi connectivity index (χ2n) is 6.14. The maximum Gasteiger partial charge on any atom is 0.270 e. The van der Waals surface area contributed by atoms with Crippen molar-refractivity contribution in [1.82, 2.24) is 9.62 Å². The van der Waals surface area contributed by atoms with Gasteiger partial charge in [-0.25, -0.2) is 13.1 Å². The Morgan fingerprint density at radius 3 is 2.58 bits per heavy atom. The summed E-state index contributed by atoms with van der Waals surface area (Å²) >= 11 is 0. The van der Waals surface area contributed by atoms with E-state index in [4.69, 9.17) is 4.74 Å². The second-order valence-corrected chi connectivity index (χ2v) is 8.02. The highest BCUT2D eigenvalue weighted by Gasteiger charge is 2.28. The SMILES string of the molecule is CCCS(=O)(=O)NC1CCN(C(=O)c2cc([N+](=O)[O-])ccc2OC)CC1. The van der Waals surface area contributed by atoms with Crippen LogP contribution in [0.5, 0.6) is 5.75 Å². The number of methoxy groups -OCH3 is 1. The maximum absolute atomic E-state index is 12.7. The van der Waals surface area contributed by atoms with E-state index in [1.807, 2.05) is 0 Å². The molecule has 0 aromatic heterocycles. The van der Waals surface area contributed by atoms with Crippen molar-refractivity contribution in [3.63, 3.8) is 0 Å². The summed E-state index contributed by atoms with van der Waals surface area (Å²) in [5.41, 5.74) is -0.0527. The number of non-ortho nitro benzene ring substituents is 1. The Balaban J connectivity index is 2.07. The fraction of sp³-hybridized carbons (Fsp3) is 0.562. The van der Waals surface area contributed by atoms with Crippen molar-refractivity contribution in [1.29, 1.82) is 0 Å².